The van der Waals surface area contributed by atoms with Gasteiger partial charge in [0.25, 0.3) is 0 Å². The fraction of sp³-hybridized carbons (Fsp3) is 0.391. The van der Waals surface area contributed by atoms with E-state index in [0.717, 1.165) is 28.1 Å². The number of anilines is 2. The third-order valence-corrected chi connectivity index (χ3v) is 6.88. The number of hydrogen-bond donors (Lipinski definition) is 2. The molecule has 2 amide bonds. The summed E-state index contributed by atoms with van der Waals surface area (Å²) in [5.41, 5.74) is 4.00. The standard InChI is InChI=1S/C23H25ClN2O2/c1-12(2)19-14-9-10-17(24)15(20(14)26-21(19)27)11-13(3)23(4)16-7-5-6-8-18(16)25-22(23)28/h5-10,12-13,19H,11H2,1-4H3,(H,25,28)(H,26,27)/t13?,19-,23-/m1/s1. The van der Waals surface area contributed by atoms with Crippen LogP contribution in [0.25, 0.3) is 0 Å². The van der Waals surface area contributed by atoms with Gasteiger partial charge in [-0.2, -0.15) is 0 Å². The van der Waals surface area contributed by atoms with Crippen molar-refractivity contribution in [2.24, 2.45) is 11.8 Å². The van der Waals surface area contributed by atoms with E-state index < -0.39 is 5.41 Å². The van der Waals surface area contributed by atoms with Crippen molar-refractivity contribution in [1.82, 2.24) is 0 Å². The minimum absolute atomic E-state index is 0.00449. The summed E-state index contributed by atoms with van der Waals surface area (Å²) in [6.07, 6.45) is 0.603. The maximum Gasteiger partial charge on any atom is 0.235 e. The van der Waals surface area contributed by atoms with Crippen LogP contribution in [0.1, 0.15) is 50.3 Å². The van der Waals surface area contributed by atoms with E-state index in [1.807, 2.05) is 43.3 Å². The van der Waals surface area contributed by atoms with E-state index in [0.29, 0.717) is 11.4 Å². The topological polar surface area (TPSA) is 58.2 Å². The minimum atomic E-state index is -0.650. The molecule has 0 spiro atoms. The summed E-state index contributed by atoms with van der Waals surface area (Å²) in [7, 11) is 0. The lowest BCUT2D eigenvalue weighted by Gasteiger charge is -2.30. The molecule has 4 nitrogen and oxygen atoms in total. The fourth-order valence-corrected chi connectivity index (χ4v) is 4.90. The molecule has 0 bridgehead atoms. The first kappa shape index (κ1) is 19.0. The van der Waals surface area contributed by atoms with Crippen molar-refractivity contribution in [3.63, 3.8) is 0 Å². The highest BCUT2D eigenvalue weighted by atomic mass is 35.5. The van der Waals surface area contributed by atoms with Gasteiger partial charge in [-0.15, -0.1) is 0 Å². The zero-order valence-electron chi connectivity index (χ0n) is 16.6. The highest BCUT2D eigenvalue weighted by molar-refractivity contribution is 6.32. The number of fused-ring (bicyclic) bond motifs is 2. The van der Waals surface area contributed by atoms with Gasteiger partial charge in [-0.05, 0) is 54.0 Å². The maximum atomic E-state index is 12.9. The summed E-state index contributed by atoms with van der Waals surface area (Å²) < 4.78 is 0. The second-order valence-electron chi connectivity index (χ2n) is 8.51. The molecule has 146 valence electrons. The van der Waals surface area contributed by atoms with Gasteiger partial charge >= 0.3 is 0 Å². The van der Waals surface area contributed by atoms with Crippen LogP contribution in [-0.2, 0) is 21.4 Å². The molecule has 2 aliphatic rings. The number of para-hydroxylation sites is 1. The highest BCUT2D eigenvalue weighted by Crippen LogP contribution is 2.47. The molecule has 0 saturated heterocycles. The Kier molecular flexibility index (Phi) is 4.50. The summed E-state index contributed by atoms with van der Waals surface area (Å²) >= 11 is 6.56. The van der Waals surface area contributed by atoms with Gasteiger partial charge in [0.2, 0.25) is 11.8 Å². The first-order valence-electron chi connectivity index (χ1n) is 9.78. The van der Waals surface area contributed by atoms with Gasteiger partial charge in [-0.1, -0.05) is 56.6 Å². The number of benzene rings is 2. The van der Waals surface area contributed by atoms with Crippen molar-refractivity contribution in [1.29, 1.82) is 0 Å². The molecule has 0 radical (unpaired) electrons. The van der Waals surface area contributed by atoms with Crippen LogP contribution in [0, 0.1) is 11.8 Å². The zero-order valence-corrected chi connectivity index (χ0v) is 17.4. The minimum Gasteiger partial charge on any atom is -0.325 e. The molecule has 0 saturated carbocycles. The Balaban J connectivity index is 1.73. The second kappa shape index (κ2) is 6.63. The summed E-state index contributed by atoms with van der Waals surface area (Å²) in [5.74, 6) is 0.0746. The van der Waals surface area contributed by atoms with E-state index in [-0.39, 0.29) is 29.6 Å². The molecular formula is C23H25ClN2O2. The summed E-state index contributed by atoms with van der Waals surface area (Å²) in [5, 5.41) is 6.69. The Morgan fingerprint density at radius 3 is 2.50 bits per heavy atom. The van der Waals surface area contributed by atoms with Gasteiger partial charge in [0.15, 0.2) is 0 Å². The first-order valence-corrected chi connectivity index (χ1v) is 10.2. The SMILES string of the molecule is CC(C)[C@H]1C(=O)Nc2c1ccc(Cl)c2CC(C)[C@@]1(C)C(=O)Nc2ccccc21. The molecule has 0 aliphatic carbocycles. The van der Waals surface area contributed by atoms with E-state index in [2.05, 4.69) is 31.4 Å². The van der Waals surface area contributed by atoms with Crippen molar-refractivity contribution in [3.8, 4) is 0 Å². The Morgan fingerprint density at radius 2 is 1.79 bits per heavy atom. The van der Waals surface area contributed by atoms with Crippen LogP contribution in [0.15, 0.2) is 36.4 Å². The molecule has 0 fully saturated rings. The number of nitrogens with one attached hydrogen (secondary N) is 2. The Labute approximate surface area is 170 Å². The molecule has 5 heteroatoms. The molecule has 2 aromatic rings. The molecule has 3 atom stereocenters. The number of amides is 2. The monoisotopic (exact) mass is 396 g/mol. The van der Waals surface area contributed by atoms with Gasteiger partial charge < -0.3 is 10.6 Å². The largest absolute Gasteiger partial charge is 0.325 e. The average Bonchev–Trinajstić information content (AvgIpc) is 3.12. The van der Waals surface area contributed by atoms with Crippen molar-refractivity contribution < 1.29 is 9.59 Å². The second-order valence-corrected chi connectivity index (χ2v) is 8.92. The lowest BCUT2D eigenvalue weighted by molar-refractivity contribution is -0.122. The third kappa shape index (κ3) is 2.66. The van der Waals surface area contributed by atoms with E-state index in [1.54, 1.807) is 0 Å². The lowest BCUT2D eigenvalue weighted by atomic mass is 9.71. The van der Waals surface area contributed by atoms with Gasteiger partial charge in [0, 0.05) is 16.4 Å². The van der Waals surface area contributed by atoms with E-state index in [9.17, 15) is 9.59 Å². The predicted octanol–water partition coefficient (Wildman–Crippen LogP) is 5.12. The van der Waals surface area contributed by atoms with Crippen molar-refractivity contribution in [2.75, 3.05) is 10.6 Å². The van der Waals surface area contributed by atoms with Gasteiger partial charge in [0.05, 0.1) is 11.3 Å². The number of halogens is 1. The summed E-state index contributed by atoms with van der Waals surface area (Å²) in [4.78, 5) is 25.4. The molecule has 2 aromatic carbocycles. The van der Waals surface area contributed by atoms with Crippen LogP contribution in [0.4, 0.5) is 11.4 Å². The Morgan fingerprint density at radius 1 is 1.07 bits per heavy atom. The maximum absolute atomic E-state index is 12.9. The van der Waals surface area contributed by atoms with Crippen molar-refractivity contribution in [2.45, 2.75) is 45.4 Å². The van der Waals surface area contributed by atoms with Crippen molar-refractivity contribution >= 4 is 34.8 Å². The molecule has 2 heterocycles. The number of carbonyl (C=O) groups excluding carboxylic acids is 2. The van der Waals surface area contributed by atoms with E-state index >= 15 is 0 Å². The van der Waals surface area contributed by atoms with Gasteiger partial charge in [0.1, 0.15) is 0 Å². The van der Waals surface area contributed by atoms with Crippen LogP contribution >= 0.6 is 11.6 Å². The molecule has 2 N–H and O–H groups in total. The molecular weight excluding hydrogens is 372 g/mol. The first-order chi connectivity index (χ1) is 13.2. The normalized spacial score (nSPS) is 24.0. The van der Waals surface area contributed by atoms with Crippen LogP contribution in [-0.4, -0.2) is 11.8 Å². The fourth-order valence-electron chi connectivity index (χ4n) is 4.67. The third-order valence-electron chi connectivity index (χ3n) is 6.52. The number of rotatable bonds is 4. The molecule has 0 aromatic heterocycles. The predicted molar refractivity (Wildman–Crippen MR) is 113 cm³/mol. The van der Waals surface area contributed by atoms with Crippen LogP contribution in [0.5, 0.6) is 0 Å². The number of hydrogen-bond acceptors (Lipinski definition) is 2. The smallest absolute Gasteiger partial charge is 0.235 e. The van der Waals surface area contributed by atoms with Crippen LogP contribution in [0.2, 0.25) is 5.02 Å². The molecule has 1 unspecified atom stereocenters. The summed E-state index contributed by atoms with van der Waals surface area (Å²) in [6.45, 7) is 8.17. The van der Waals surface area contributed by atoms with Crippen molar-refractivity contribution in [3.05, 3.63) is 58.1 Å². The van der Waals surface area contributed by atoms with Crippen LogP contribution < -0.4 is 10.6 Å². The number of carbonyl (C=O) groups is 2. The highest BCUT2D eigenvalue weighted by Gasteiger charge is 2.47. The Bertz CT molecular complexity index is 985. The average molecular weight is 397 g/mol. The molecule has 2 aliphatic heterocycles. The molecule has 28 heavy (non-hydrogen) atoms. The Hall–Kier alpha value is -2.33. The van der Waals surface area contributed by atoms with Gasteiger partial charge in [-0.25, -0.2) is 0 Å². The van der Waals surface area contributed by atoms with Gasteiger partial charge in [-0.3, -0.25) is 9.59 Å². The van der Waals surface area contributed by atoms with E-state index in [4.69, 9.17) is 11.6 Å². The van der Waals surface area contributed by atoms with E-state index in [1.165, 1.54) is 0 Å². The lowest BCUT2D eigenvalue weighted by Crippen LogP contribution is -2.38. The summed E-state index contributed by atoms with van der Waals surface area (Å²) in [6, 6.07) is 11.7. The quantitative estimate of drug-likeness (QED) is 0.753. The molecule has 4 rings (SSSR count). The zero-order chi connectivity index (χ0) is 20.2. The van der Waals surface area contributed by atoms with Crippen LogP contribution in [0.3, 0.4) is 0 Å².